The first-order valence-electron chi connectivity index (χ1n) is 8.67. The zero-order chi connectivity index (χ0) is 20.1. The van der Waals surface area contributed by atoms with Crippen molar-refractivity contribution < 1.29 is 22.7 Å². The molecule has 1 fully saturated rings. The molecule has 0 spiro atoms. The van der Waals surface area contributed by atoms with Crippen LogP contribution in [0, 0.1) is 0 Å². The summed E-state index contributed by atoms with van der Waals surface area (Å²) in [7, 11) is 0. The Bertz CT molecular complexity index is 839. The molecule has 3 rings (SSSR count). The van der Waals surface area contributed by atoms with Gasteiger partial charge in [-0.05, 0) is 24.3 Å². The van der Waals surface area contributed by atoms with Crippen LogP contribution in [0.5, 0.6) is 0 Å². The van der Waals surface area contributed by atoms with Gasteiger partial charge in [0.05, 0.1) is 47.4 Å². The SMILES string of the molecule is O=C(CNc1cccc(Cl)c1N1CCOCC1)Nc1ccccc1C(F)(F)F. The van der Waals surface area contributed by atoms with Crippen molar-refractivity contribution in [2.45, 2.75) is 6.18 Å². The molecule has 2 aromatic carbocycles. The van der Waals surface area contributed by atoms with Gasteiger partial charge in [-0.25, -0.2) is 0 Å². The lowest BCUT2D eigenvalue weighted by Crippen LogP contribution is -2.37. The number of hydrogen-bond donors (Lipinski definition) is 2. The van der Waals surface area contributed by atoms with E-state index in [9.17, 15) is 18.0 Å². The van der Waals surface area contributed by atoms with Crippen molar-refractivity contribution in [1.82, 2.24) is 0 Å². The third-order valence-electron chi connectivity index (χ3n) is 4.26. The molecule has 5 nitrogen and oxygen atoms in total. The molecular formula is C19H19ClF3N3O2. The molecule has 1 amide bonds. The molecule has 1 saturated heterocycles. The van der Waals surface area contributed by atoms with Gasteiger partial charge in [0.2, 0.25) is 5.91 Å². The molecule has 1 aliphatic rings. The molecule has 2 N–H and O–H groups in total. The van der Waals surface area contributed by atoms with E-state index in [1.165, 1.54) is 18.2 Å². The summed E-state index contributed by atoms with van der Waals surface area (Å²) in [6.45, 7) is 2.25. The van der Waals surface area contributed by atoms with E-state index in [0.29, 0.717) is 37.0 Å². The Labute approximate surface area is 165 Å². The van der Waals surface area contributed by atoms with E-state index in [1.54, 1.807) is 18.2 Å². The van der Waals surface area contributed by atoms with Crippen molar-refractivity contribution in [2.24, 2.45) is 0 Å². The summed E-state index contributed by atoms with van der Waals surface area (Å²) in [4.78, 5) is 14.3. The van der Waals surface area contributed by atoms with Crippen LogP contribution in [0.15, 0.2) is 42.5 Å². The van der Waals surface area contributed by atoms with Crippen molar-refractivity contribution >= 4 is 34.6 Å². The number of para-hydroxylation sites is 2. The molecular weight excluding hydrogens is 395 g/mol. The highest BCUT2D eigenvalue weighted by Gasteiger charge is 2.33. The fraction of sp³-hybridized carbons (Fsp3) is 0.316. The van der Waals surface area contributed by atoms with Gasteiger partial charge in [-0.2, -0.15) is 13.2 Å². The lowest BCUT2D eigenvalue weighted by atomic mass is 10.1. The summed E-state index contributed by atoms with van der Waals surface area (Å²) >= 11 is 6.33. The second kappa shape index (κ2) is 8.70. The van der Waals surface area contributed by atoms with Crippen LogP contribution < -0.4 is 15.5 Å². The maximum absolute atomic E-state index is 13.1. The van der Waals surface area contributed by atoms with Gasteiger partial charge >= 0.3 is 6.18 Å². The molecule has 28 heavy (non-hydrogen) atoms. The van der Waals surface area contributed by atoms with Crippen molar-refractivity contribution in [3.8, 4) is 0 Å². The van der Waals surface area contributed by atoms with Gasteiger partial charge in [-0.1, -0.05) is 29.8 Å². The number of alkyl halides is 3. The van der Waals surface area contributed by atoms with Crippen LogP contribution in [0.25, 0.3) is 0 Å². The molecule has 9 heteroatoms. The predicted octanol–water partition coefficient (Wildman–Crippen LogP) is 4.25. The van der Waals surface area contributed by atoms with Crippen LogP contribution in [0.3, 0.4) is 0 Å². The van der Waals surface area contributed by atoms with E-state index >= 15 is 0 Å². The van der Waals surface area contributed by atoms with Crippen LogP contribution in [0.4, 0.5) is 30.2 Å². The number of halogens is 4. The van der Waals surface area contributed by atoms with Crippen LogP contribution in [-0.2, 0) is 15.7 Å². The molecule has 150 valence electrons. The minimum absolute atomic E-state index is 0.204. The molecule has 0 aliphatic carbocycles. The first-order valence-corrected chi connectivity index (χ1v) is 9.05. The van der Waals surface area contributed by atoms with Crippen LogP contribution in [0.2, 0.25) is 5.02 Å². The Morgan fingerprint density at radius 2 is 1.75 bits per heavy atom. The maximum Gasteiger partial charge on any atom is 0.418 e. The van der Waals surface area contributed by atoms with Crippen LogP contribution >= 0.6 is 11.6 Å². The van der Waals surface area contributed by atoms with E-state index in [0.717, 1.165) is 11.8 Å². The topological polar surface area (TPSA) is 53.6 Å². The zero-order valence-corrected chi connectivity index (χ0v) is 15.6. The number of benzene rings is 2. The molecule has 0 bridgehead atoms. The highest BCUT2D eigenvalue weighted by molar-refractivity contribution is 6.34. The van der Waals surface area contributed by atoms with Gasteiger partial charge in [-0.15, -0.1) is 0 Å². The molecule has 0 radical (unpaired) electrons. The summed E-state index contributed by atoms with van der Waals surface area (Å²) in [6, 6.07) is 10.1. The van der Waals surface area contributed by atoms with Gasteiger partial charge in [-0.3, -0.25) is 4.79 Å². The number of morpholine rings is 1. The van der Waals surface area contributed by atoms with E-state index in [-0.39, 0.29) is 12.2 Å². The smallest absolute Gasteiger partial charge is 0.378 e. The summed E-state index contributed by atoms with van der Waals surface area (Å²) in [6.07, 6.45) is -4.55. The summed E-state index contributed by atoms with van der Waals surface area (Å²) in [5, 5.41) is 5.81. The fourth-order valence-electron chi connectivity index (χ4n) is 2.98. The minimum Gasteiger partial charge on any atom is -0.378 e. The number of ether oxygens (including phenoxy) is 1. The number of nitrogens with one attached hydrogen (secondary N) is 2. The number of hydrogen-bond acceptors (Lipinski definition) is 4. The molecule has 0 saturated carbocycles. The summed E-state index contributed by atoms with van der Waals surface area (Å²) in [5.41, 5.74) is 0.214. The third kappa shape index (κ3) is 4.88. The Hall–Kier alpha value is -2.45. The first-order chi connectivity index (χ1) is 13.4. The molecule has 0 unspecified atom stereocenters. The number of carbonyl (C=O) groups is 1. The number of carbonyl (C=O) groups excluding carboxylic acids is 1. The van der Waals surface area contributed by atoms with Crippen molar-refractivity contribution in [2.75, 3.05) is 48.4 Å². The molecule has 2 aromatic rings. The van der Waals surface area contributed by atoms with E-state index < -0.39 is 17.6 Å². The summed E-state index contributed by atoms with van der Waals surface area (Å²) < 4.78 is 44.5. The van der Waals surface area contributed by atoms with Gasteiger partial charge < -0.3 is 20.3 Å². The van der Waals surface area contributed by atoms with Gasteiger partial charge in [0.15, 0.2) is 0 Å². The Morgan fingerprint density at radius 3 is 2.46 bits per heavy atom. The van der Waals surface area contributed by atoms with E-state index in [4.69, 9.17) is 16.3 Å². The fourth-order valence-corrected chi connectivity index (χ4v) is 3.27. The molecule has 1 heterocycles. The predicted molar refractivity (Wildman–Crippen MR) is 103 cm³/mol. The standard InChI is InChI=1S/C19H19ClF3N3O2/c20-14-5-3-7-16(18(14)26-8-10-28-11-9-26)24-12-17(27)25-15-6-2-1-4-13(15)19(21,22)23/h1-7,24H,8-12H2,(H,25,27). The highest BCUT2D eigenvalue weighted by Crippen LogP contribution is 2.35. The third-order valence-corrected chi connectivity index (χ3v) is 4.57. The number of anilines is 3. The minimum atomic E-state index is -4.55. The first kappa shape index (κ1) is 20.3. The second-order valence-electron chi connectivity index (χ2n) is 6.18. The van der Waals surface area contributed by atoms with Crippen molar-refractivity contribution in [3.05, 3.63) is 53.1 Å². The largest absolute Gasteiger partial charge is 0.418 e. The van der Waals surface area contributed by atoms with Crippen LogP contribution in [0.1, 0.15) is 5.56 Å². The lowest BCUT2D eigenvalue weighted by molar-refractivity contribution is -0.137. The second-order valence-corrected chi connectivity index (χ2v) is 6.59. The van der Waals surface area contributed by atoms with Crippen LogP contribution in [-0.4, -0.2) is 38.8 Å². The molecule has 1 aliphatic heterocycles. The number of nitrogens with zero attached hydrogens (tertiary/aromatic N) is 1. The van der Waals surface area contributed by atoms with Crippen molar-refractivity contribution in [1.29, 1.82) is 0 Å². The highest BCUT2D eigenvalue weighted by atomic mass is 35.5. The average Bonchev–Trinajstić information content (AvgIpc) is 2.66. The van der Waals surface area contributed by atoms with Gasteiger partial charge in [0, 0.05) is 13.1 Å². The van der Waals surface area contributed by atoms with E-state index in [2.05, 4.69) is 10.6 Å². The monoisotopic (exact) mass is 413 g/mol. The van der Waals surface area contributed by atoms with E-state index in [1.807, 2.05) is 4.90 Å². The van der Waals surface area contributed by atoms with Gasteiger partial charge in [0.1, 0.15) is 0 Å². The Balaban J connectivity index is 1.70. The number of rotatable bonds is 5. The average molecular weight is 414 g/mol. The normalized spacial score (nSPS) is 14.6. The quantitative estimate of drug-likeness (QED) is 0.769. The van der Waals surface area contributed by atoms with Crippen molar-refractivity contribution in [3.63, 3.8) is 0 Å². The van der Waals surface area contributed by atoms with Gasteiger partial charge in [0.25, 0.3) is 0 Å². The maximum atomic E-state index is 13.1. The number of amides is 1. The zero-order valence-electron chi connectivity index (χ0n) is 14.9. The Kier molecular flexibility index (Phi) is 6.31. The molecule has 0 aromatic heterocycles. The molecule has 0 atom stereocenters. The summed E-state index contributed by atoms with van der Waals surface area (Å²) in [5.74, 6) is -0.593. The lowest BCUT2D eigenvalue weighted by Gasteiger charge is -2.31. The Morgan fingerprint density at radius 1 is 1.07 bits per heavy atom.